The van der Waals surface area contributed by atoms with Gasteiger partial charge in [0.2, 0.25) is 0 Å². The van der Waals surface area contributed by atoms with E-state index < -0.39 is 0 Å². The minimum Gasteiger partial charge on any atom is -0.385 e. The minimum atomic E-state index is -0.230. The molecule has 0 radical (unpaired) electrons. The van der Waals surface area contributed by atoms with E-state index in [9.17, 15) is 5.11 Å². The average Bonchev–Trinajstić information content (AvgIpc) is 2.69. The van der Waals surface area contributed by atoms with E-state index in [2.05, 4.69) is 36.6 Å². The summed E-state index contributed by atoms with van der Waals surface area (Å²) < 4.78 is 2.43. The van der Waals surface area contributed by atoms with E-state index in [1.54, 1.807) is 10.5 Å². The molecule has 0 saturated heterocycles. The number of benzene rings is 1. The Balaban J connectivity index is 2.01. The lowest BCUT2D eigenvalue weighted by molar-refractivity contribution is -0.933. The van der Waals surface area contributed by atoms with Gasteiger partial charge >= 0.3 is 0 Å². The SMILES string of the molecule is CC[NH+]1C[C@H](O)Cn2c3c(c4cc(C)ccc42)CCC[C@@H]31. The normalized spacial score (nSPS) is 28.4. The fraction of sp³-hybridized carbons (Fsp3) is 0.556. The second-order valence-electron chi connectivity index (χ2n) is 6.81. The summed E-state index contributed by atoms with van der Waals surface area (Å²) in [5.41, 5.74) is 5.75. The number of aliphatic hydroxyl groups excluding tert-OH is 1. The summed E-state index contributed by atoms with van der Waals surface area (Å²) in [5, 5.41) is 11.9. The summed E-state index contributed by atoms with van der Waals surface area (Å²) in [6.45, 7) is 7.17. The van der Waals surface area contributed by atoms with Crippen molar-refractivity contribution in [2.75, 3.05) is 13.1 Å². The molecule has 1 unspecified atom stereocenters. The minimum absolute atomic E-state index is 0.230. The van der Waals surface area contributed by atoms with Gasteiger partial charge in [-0.3, -0.25) is 0 Å². The highest BCUT2D eigenvalue weighted by molar-refractivity contribution is 5.86. The molecular weight excluding hydrogens is 260 g/mol. The average molecular weight is 285 g/mol. The van der Waals surface area contributed by atoms with E-state index in [0.29, 0.717) is 6.04 Å². The van der Waals surface area contributed by atoms with Gasteiger partial charge in [0.25, 0.3) is 0 Å². The number of fused-ring (bicyclic) bond motifs is 3. The van der Waals surface area contributed by atoms with Crippen molar-refractivity contribution in [3.8, 4) is 0 Å². The molecule has 0 saturated carbocycles. The molecule has 0 spiro atoms. The Bertz CT molecular complexity index is 688. The van der Waals surface area contributed by atoms with Crippen molar-refractivity contribution in [2.45, 2.75) is 51.8 Å². The molecule has 2 N–H and O–H groups in total. The first-order chi connectivity index (χ1) is 10.2. The van der Waals surface area contributed by atoms with E-state index in [1.165, 1.54) is 41.4 Å². The molecule has 4 rings (SSSR count). The molecule has 21 heavy (non-hydrogen) atoms. The van der Waals surface area contributed by atoms with Gasteiger partial charge in [0.15, 0.2) is 0 Å². The van der Waals surface area contributed by atoms with Crippen LogP contribution in [0.4, 0.5) is 0 Å². The fourth-order valence-corrected chi connectivity index (χ4v) is 4.54. The van der Waals surface area contributed by atoms with Gasteiger partial charge in [-0.15, -0.1) is 0 Å². The molecule has 0 amide bonds. The molecule has 1 aliphatic heterocycles. The summed E-state index contributed by atoms with van der Waals surface area (Å²) in [7, 11) is 0. The molecule has 3 heteroatoms. The number of aryl methyl sites for hydroxylation is 2. The van der Waals surface area contributed by atoms with Crippen LogP contribution in [0.25, 0.3) is 10.9 Å². The fourth-order valence-electron chi connectivity index (χ4n) is 4.54. The number of hydrogen-bond acceptors (Lipinski definition) is 1. The van der Waals surface area contributed by atoms with E-state index >= 15 is 0 Å². The lowest BCUT2D eigenvalue weighted by Gasteiger charge is -2.30. The van der Waals surface area contributed by atoms with Gasteiger partial charge in [-0.25, -0.2) is 0 Å². The van der Waals surface area contributed by atoms with E-state index in [-0.39, 0.29) is 6.10 Å². The Kier molecular flexibility index (Phi) is 3.09. The molecule has 112 valence electrons. The maximum atomic E-state index is 10.5. The van der Waals surface area contributed by atoms with Gasteiger partial charge in [0.05, 0.1) is 18.8 Å². The second-order valence-corrected chi connectivity index (χ2v) is 6.81. The Labute approximate surface area is 126 Å². The summed E-state index contributed by atoms with van der Waals surface area (Å²) in [5.74, 6) is 0. The Morgan fingerprint density at radius 3 is 3.05 bits per heavy atom. The molecule has 2 heterocycles. The maximum Gasteiger partial charge on any atom is 0.129 e. The molecule has 1 aromatic carbocycles. The monoisotopic (exact) mass is 285 g/mol. The predicted molar refractivity (Wildman–Crippen MR) is 84.7 cm³/mol. The van der Waals surface area contributed by atoms with Crippen molar-refractivity contribution in [1.29, 1.82) is 0 Å². The molecule has 1 aliphatic carbocycles. The van der Waals surface area contributed by atoms with Crippen molar-refractivity contribution in [3.63, 3.8) is 0 Å². The van der Waals surface area contributed by atoms with Gasteiger partial charge in [0, 0.05) is 17.3 Å². The van der Waals surface area contributed by atoms with Crippen LogP contribution in [0.1, 0.15) is 42.6 Å². The first kappa shape index (κ1) is 13.4. The Morgan fingerprint density at radius 2 is 2.24 bits per heavy atom. The Hall–Kier alpha value is -1.32. The summed E-state index contributed by atoms with van der Waals surface area (Å²) >= 11 is 0. The van der Waals surface area contributed by atoms with Gasteiger partial charge in [-0.05, 0) is 44.4 Å². The van der Waals surface area contributed by atoms with E-state index in [0.717, 1.165) is 19.6 Å². The number of likely N-dealkylation sites (N-methyl/N-ethyl adjacent to an activating group) is 1. The lowest BCUT2D eigenvalue weighted by Crippen LogP contribution is -3.13. The standard InChI is InChI=1S/C18H24N2O/c1-3-19-10-13(21)11-20-16-8-7-12(2)9-15(16)14-5-4-6-17(19)18(14)20/h7-9,13,17,21H,3-6,10-11H2,1-2H3/p+1/t13-,17-/m0/s1. The first-order valence-electron chi connectivity index (χ1n) is 8.33. The third-order valence-corrected chi connectivity index (χ3v) is 5.46. The van der Waals surface area contributed by atoms with E-state index in [1.807, 2.05) is 0 Å². The molecule has 0 fully saturated rings. The molecule has 2 aromatic rings. The van der Waals surface area contributed by atoms with Crippen LogP contribution in [0.2, 0.25) is 0 Å². The van der Waals surface area contributed by atoms with Crippen molar-refractivity contribution >= 4 is 10.9 Å². The van der Waals surface area contributed by atoms with Crippen LogP contribution < -0.4 is 4.90 Å². The van der Waals surface area contributed by atoms with Crippen LogP contribution in [0, 0.1) is 6.92 Å². The molecule has 3 nitrogen and oxygen atoms in total. The van der Waals surface area contributed by atoms with Crippen molar-refractivity contribution in [2.24, 2.45) is 0 Å². The van der Waals surface area contributed by atoms with Crippen LogP contribution in [-0.2, 0) is 13.0 Å². The highest BCUT2D eigenvalue weighted by atomic mass is 16.3. The zero-order valence-electron chi connectivity index (χ0n) is 13.0. The molecule has 3 atom stereocenters. The third kappa shape index (κ3) is 1.95. The largest absolute Gasteiger partial charge is 0.385 e. The number of hydrogen-bond donors (Lipinski definition) is 2. The van der Waals surface area contributed by atoms with Crippen LogP contribution in [0.15, 0.2) is 18.2 Å². The smallest absolute Gasteiger partial charge is 0.129 e. The lowest BCUT2D eigenvalue weighted by atomic mass is 9.90. The van der Waals surface area contributed by atoms with Crippen LogP contribution in [-0.4, -0.2) is 28.9 Å². The summed E-state index contributed by atoms with van der Waals surface area (Å²) in [6.07, 6.45) is 3.51. The summed E-state index contributed by atoms with van der Waals surface area (Å²) in [4.78, 5) is 1.56. The molecule has 0 bridgehead atoms. The number of nitrogens with zero attached hydrogens (tertiary/aromatic N) is 1. The predicted octanol–water partition coefficient (Wildman–Crippen LogP) is 1.61. The quantitative estimate of drug-likeness (QED) is 0.819. The molecule has 1 aromatic heterocycles. The van der Waals surface area contributed by atoms with Crippen LogP contribution in [0.3, 0.4) is 0 Å². The second kappa shape index (κ2) is 4.85. The number of aliphatic hydroxyl groups is 1. The topological polar surface area (TPSA) is 29.6 Å². The zero-order chi connectivity index (χ0) is 14.6. The van der Waals surface area contributed by atoms with Gasteiger partial charge < -0.3 is 14.6 Å². The van der Waals surface area contributed by atoms with E-state index in [4.69, 9.17) is 0 Å². The number of nitrogens with one attached hydrogen (secondary N) is 1. The van der Waals surface area contributed by atoms with Crippen molar-refractivity contribution < 1.29 is 10.0 Å². The number of aromatic nitrogens is 1. The van der Waals surface area contributed by atoms with Crippen molar-refractivity contribution in [1.82, 2.24) is 4.57 Å². The van der Waals surface area contributed by atoms with Crippen molar-refractivity contribution in [3.05, 3.63) is 35.0 Å². The number of rotatable bonds is 1. The van der Waals surface area contributed by atoms with Gasteiger partial charge in [-0.2, -0.15) is 0 Å². The van der Waals surface area contributed by atoms with Gasteiger partial charge in [0.1, 0.15) is 18.7 Å². The first-order valence-corrected chi connectivity index (χ1v) is 8.33. The Morgan fingerprint density at radius 1 is 1.38 bits per heavy atom. The highest BCUT2D eigenvalue weighted by Gasteiger charge is 2.37. The maximum absolute atomic E-state index is 10.5. The number of quaternary nitrogens is 1. The van der Waals surface area contributed by atoms with Crippen LogP contribution >= 0.6 is 0 Å². The molecule has 2 aliphatic rings. The van der Waals surface area contributed by atoms with Crippen LogP contribution in [0.5, 0.6) is 0 Å². The highest BCUT2D eigenvalue weighted by Crippen LogP contribution is 2.37. The van der Waals surface area contributed by atoms with Gasteiger partial charge in [-0.1, -0.05) is 11.6 Å². The zero-order valence-corrected chi connectivity index (χ0v) is 13.0. The third-order valence-electron chi connectivity index (χ3n) is 5.46. The molecular formula is C18H25N2O+. The summed E-state index contributed by atoms with van der Waals surface area (Å²) in [6, 6.07) is 7.37.